The zero-order valence-corrected chi connectivity index (χ0v) is 26.4. The molecular weight excluding hydrogens is 560 g/mol. The first-order chi connectivity index (χ1) is 21.2. The van der Waals surface area contributed by atoms with E-state index in [0.717, 1.165) is 56.4 Å². The van der Waals surface area contributed by atoms with E-state index in [1.54, 1.807) is 16.7 Å². The van der Waals surface area contributed by atoms with Gasteiger partial charge in [-0.25, -0.2) is 18.7 Å². The van der Waals surface area contributed by atoms with Crippen LogP contribution in [0.2, 0.25) is 0 Å². The zero-order valence-electron chi connectivity index (χ0n) is 26.4. The van der Waals surface area contributed by atoms with Crippen LogP contribution < -0.4 is 21.1 Å². The van der Waals surface area contributed by atoms with Gasteiger partial charge in [0.05, 0.1) is 5.39 Å². The van der Waals surface area contributed by atoms with Crippen molar-refractivity contribution in [1.82, 2.24) is 24.8 Å². The lowest BCUT2D eigenvalue weighted by Gasteiger charge is -2.38. The Balaban J connectivity index is 1.46. The molecule has 0 bridgehead atoms. The first-order valence-corrected chi connectivity index (χ1v) is 16.1. The minimum Gasteiger partial charge on any atom is -0.364 e. The third-order valence-electron chi connectivity index (χ3n) is 9.27. The number of fused-ring (bicyclic) bond motifs is 1. The van der Waals surface area contributed by atoms with Gasteiger partial charge in [-0.3, -0.25) is 14.3 Å². The van der Waals surface area contributed by atoms with E-state index in [-0.39, 0.29) is 17.2 Å². The monoisotopic (exact) mass is 607 g/mol. The molecule has 0 spiro atoms. The Morgan fingerprint density at radius 1 is 1.09 bits per heavy atom. The molecule has 0 radical (unpaired) electrons. The molecule has 4 heterocycles. The molecule has 0 aliphatic carbocycles. The maximum absolute atomic E-state index is 15.5. The summed E-state index contributed by atoms with van der Waals surface area (Å²) in [7, 11) is 0. The van der Waals surface area contributed by atoms with Gasteiger partial charge in [0, 0.05) is 56.3 Å². The van der Waals surface area contributed by atoms with Gasteiger partial charge in [0.1, 0.15) is 23.5 Å². The standard InChI is InChI=1S/C34H47F2N7O/c1-5-6-7-8-16-43-32-29(22-30(33(43)44)42-19-17-41(18-20-42)24(2)3)31(38-23-39-32)40-25(4)26-10-9-11-28(21-26)34(35,36)27-12-14-37-15-13-27/h5,9-11,21-25,27,37H,1,6-8,12-20H2,2-4H3,(H,38,39,40). The van der Waals surface area contributed by atoms with Gasteiger partial charge < -0.3 is 15.5 Å². The number of unbranched alkanes of at least 4 members (excludes halogenated alkanes) is 2. The Labute approximate surface area is 259 Å². The molecule has 2 saturated heterocycles. The van der Waals surface area contributed by atoms with Crippen LogP contribution in [0.5, 0.6) is 0 Å². The SMILES string of the molecule is C=CCCCCn1c(=O)c(N2CCN(C(C)C)CC2)cc2c(NC(C)c3cccc(C(F)(F)C4CCNCC4)c3)ncnc21. The molecule has 2 aliphatic rings. The first kappa shape index (κ1) is 32.0. The second-order valence-corrected chi connectivity index (χ2v) is 12.5. The number of alkyl halides is 2. The van der Waals surface area contributed by atoms with Crippen molar-refractivity contribution < 1.29 is 8.78 Å². The second-order valence-electron chi connectivity index (χ2n) is 12.5. The number of nitrogens with zero attached hydrogens (tertiary/aromatic N) is 5. The number of aryl methyl sites for hydroxylation is 1. The van der Waals surface area contributed by atoms with Crippen molar-refractivity contribution in [2.24, 2.45) is 5.92 Å². The molecule has 0 saturated carbocycles. The molecule has 10 heteroatoms. The van der Waals surface area contributed by atoms with E-state index in [1.165, 1.54) is 12.4 Å². The Hall–Kier alpha value is -3.37. The van der Waals surface area contributed by atoms with Crippen LogP contribution in [0.1, 0.15) is 70.0 Å². The number of aromatic nitrogens is 3. The van der Waals surface area contributed by atoms with Crippen LogP contribution in [0.4, 0.5) is 20.3 Å². The van der Waals surface area contributed by atoms with Crippen molar-refractivity contribution in [2.45, 2.75) is 77.4 Å². The van der Waals surface area contributed by atoms with E-state index >= 15 is 8.78 Å². The number of piperazine rings is 1. The quantitative estimate of drug-likeness (QED) is 0.195. The number of benzene rings is 1. The smallest absolute Gasteiger partial charge is 0.276 e. The lowest BCUT2D eigenvalue weighted by Crippen LogP contribution is -2.50. The summed E-state index contributed by atoms with van der Waals surface area (Å²) in [6, 6.07) is 8.82. The summed E-state index contributed by atoms with van der Waals surface area (Å²) in [4.78, 5) is 27.7. The van der Waals surface area contributed by atoms with E-state index in [4.69, 9.17) is 0 Å². The van der Waals surface area contributed by atoms with Gasteiger partial charge in [-0.1, -0.05) is 24.3 Å². The summed E-state index contributed by atoms with van der Waals surface area (Å²) >= 11 is 0. The molecule has 8 nitrogen and oxygen atoms in total. The number of allylic oxidation sites excluding steroid dienone is 1. The fraction of sp³-hybridized carbons (Fsp3) is 0.559. The molecule has 1 aromatic carbocycles. The minimum atomic E-state index is -2.89. The van der Waals surface area contributed by atoms with Crippen LogP contribution in [0.15, 0.2) is 54.1 Å². The highest BCUT2D eigenvalue weighted by Crippen LogP contribution is 2.41. The molecule has 238 valence electrons. The predicted molar refractivity (Wildman–Crippen MR) is 175 cm³/mol. The van der Waals surface area contributed by atoms with Crippen molar-refractivity contribution in [3.63, 3.8) is 0 Å². The topological polar surface area (TPSA) is 78.3 Å². The highest BCUT2D eigenvalue weighted by atomic mass is 19.3. The highest BCUT2D eigenvalue weighted by molar-refractivity contribution is 5.89. The van der Waals surface area contributed by atoms with Crippen LogP contribution in [0.25, 0.3) is 11.0 Å². The van der Waals surface area contributed by atoms with Gasteiger partial charge >= 0.3 is 0 Å². The van der Waals surface area contributed by atoms with E-state index in [2.05, 4.69) is 50.8 Å². The first-order valence-electron chi connectivity index (χ1n) is 16.1. The summed E-state index contributed by atoms with van der Waals surface area (Å²) in [5.41, 5.74) is 2.00. The summed E-state index contributed by atoms with van der Waals surface area (Å²) < 4.78 is 32.8. The van der Waals surface area contributed by atoms with E-state index in [0.29, 0.717) is 55.7 Å². The van der Waals surface area contributed by atoms with Gasteiger partial charge in [-0.05, 0) is 83.7 Å². The van der Waals surface area contributed by atoms with E-state index < -0.39 is 11.8 Å². The minimum absolute atomic E-state index is 0.0420. The van der Waals surface area contributed by atoms with E-state index in [1.807, 2.05) is 25.1 Å². The summed E-state index contributed by atoms with van der Waals surface area (Å²) in [5.74, 6) is -2.98. The Kier molecular flexibility index (Phi) is 10.3. The summed E-state index contributed by atoms with van der Waals surface area (Å²) in [6.07, 6.45) is 6.93. The number of piperidine rings is 1. The van der Waals surface area contributed by atoms with Crippen molar-refractivity contribution in [1.29, 1.82) is 0 Å². The molecule has 44 heavy (non-hydrogen) atoms. The lowest BCUT2D eigenvalue weighted by atomic mass is 9.86. The number of halogens is 2. The fourth-order valence-electron chi connectivity index (χ4n) is 6.48. The van der Waals surface area contributed by atoms with Crippen molar-refractivity contribution in [3.05, 3.63) is 70.8 Å². The summed E-state index contributed by atoms with van der Waals surface area (Å²) in [6.45, 7) is 15.3. The number of pyridine rings is 1. The average Bonchev–Trinajstić information content (AvgIpc) is 3.04. The molecule has 2 N–H and O–H groups in total. The van der Waals surface area contributed by atoms with Gasteiger partial charge in [0.2, 0.25) is 0 Å². The van der Waals surface area contributed by atoms with Crippen LogP contribution in [-0.2, 0) is 12.5 Å². The van der Waals surface area contributed by atoms with Gasteiger partial charge in [0.25, 0.3) is 11.5 Å². The normalized spacial score (nSPS) is 17.7. The highest BCUT2D eigenvalue weighted by Gasteiger charge is 2.41. The largest absolute Gasteiger partial charge is 0.364 e. The molecule has 1 unspecified atom stereocenters. The molecular formula is C34H47F2N7O. The molecule has 2 aromatic heterocycles. The van der Waals surface area contributed by atoms with Crippen LogP contribution in [-0.4, -0.2) is 64.7 Å². The van der Waals surface area contributed by atoms with Crippen molar-refractivity contribution in [3.8, 4) is 0 Å². The fourth-order valence-corrected chi connectivity index (χ4v) is 6.48. The maximum Gasteiger partial charge on any atom is 0.276 e. The molecule has 0 amide bonds. The van der Waals surface area contributed by atoms with Crippen LogP contribution >= 0.6 is 0 Å². The zero-order chi connectivity index (χ0) is 31.3. The number of nitrogens with one attached hydrogen (secondary N) is 2. The lowest BCUT2D eigenvalue weighted by molar-refractivity contribution is -0.0754. The Morgan fingerprint density at radius 3 is 2.55 bits per heavy atom. The van der Waals surface area contributed by atoms with Crippen LogP contribution in [0, 0.1) is 5.92 Å². The number of rotatable bonds is 12. The van der Waals surface area contributed by atoms with Crippen molar-refractivity contribution >= 4 is 22.5 Å². The van der Waals surface area contributed by atoms with Crippen LogP contribution in [0.3, 0.4) is 0 Å². The van der Waals surface area contributed by atoms with Gasteiger partial charge in [0.15, 0.2) is 0 Å². The molecule has 2 fully saturated rings. The maximum atomic E-state index is 15.5. The second kappa shape index (κ2) is 14.2. The number of hydrogen-bond donors (Lipinski definition) is 2. The third-order valence-corrected chi connectivity index (χ3v) is 9.27. The Morgan fingerprint density at radius 2 is 1.84 bits per heavy atom. The van der Waals surface area contributed by atoms with Gasteiger partial charge in [-0.2, -0.15) is 0 Å². The van der Waals surface area contributed by atoms with Gasteiger partial charge in [-0.15, -0.1) is 6.58 Å². The average molecular weight is 608 g/mol. The molecule has 3 aromatic rings. The van der Waals surface area contributed by atoms with E-state index in [9.17, 15) is 4.79 Å². The molecule has 2 aliphatic heterocycles. The third kappa shape index (κ3) is 6.96. The number of anilines is 2. The molecule has 5 rings (SSSR count). The molecule has 1 atom stereocenters. The Bertz CT molecular complexity index is 1480. The number of hydrogen-bond acceptors (Lipinski definition) is 7. The van der Waals surface area contributed by atoms with Crippen molar-refractivity contribution in [2.75, 3.05) is 49.5 Å². The predicted octanol–water partition coefficient (Wildman–Crippen LogP) is 5.94. The summed E-state index contributed by atoms with van der Waals surface area (Å²) in [5, 5.41) is 7.40.